The molecule has 1 heterocycles. The summed E-state index contributed by atoms with van der Waals surface area (Å²) in [4.78, 5) is 0. The smallest absolute Gasteiger partial charge is 0.120 e. The van der Waals surface area contributed by atoms with Gasteiger partial charge in [0.05, 0.1) is 13.2 Å². The van der Waals surface area contributed by atoms with Crippen molar-refractivity contribution in [2.45, 2.75) is 19.1 Å². The summed E-state index contributed by atoms with van der Waals surface area (Å²) in [7, 11) is 1.65. The van der Waals surface area contributed by atoms with Crippen LogP contribution in [0.1, 0.15) is 28.3 Å². The number of hydrogen-bond acceptors (Lipinski definition) is 3. The maximum absolute atomic E-state index is 6.51. The molecule has 0 saturated heterocycles. The van der Waals surface area contributed by atoms with E-state index in [0.29, 0.717) is 11.6 Å². The number of benzene rings is 3. The molecule has 138 valence electrons. The number of hydrogen-bond donors (Lipinski definition) is 1. The van der Waals surface area contributed by atoms with Gasteiger partial charge in [-0.15, -0.1) is 0 Å². The first-order chi connectivity index (χ1) is 13.2. The minimum absolute atomic E-state index is 0.0790. The highest BCUT2D eigenvalue weighted by atomic mass is 35.5. The van der Waals surface area contributed by atoms with Crippen molar-refractivity contribution in [3.63, 3.8) is 0 Å². The van der Waals surface area contributed by atoms with Gasteiger partial charge in [0.2, 0.25) is 0 Å². The molecule has 0 amide bonds. The van der Waals surface area contributed by atoms with Crippen LogP contribution >= 0.6 is 11.6 Å². The highest BCUT2D eigenvalue weighted by Gasteiger charge is 2.23. The van der Waals surface area contributed by atoms with Crippen LogP contribution in [0.2, 0.25) is 5.02 Å². The minimum atomic E-state index is 0.0790. The molecule has 1 aliphatic heterocycles. The lowest BCUT2D eigenvalue weighted by Gasteiger charge is -2.28. The van der Waals surface area contributed by atoms with Crippen LogP contribution in [-0.4, -0.2) is 13.7 Å². The number of methoxy groups -OCH3 is 1. The molecule has 0 aliphatic carbocycles. The van der Waals surface area contributed by atoms with Crippen molar-refractivity contribution in [1.29, 1.82) is 0 Å². The predicted molar refractivity (Wildman–Crippen MR) is 109 cm³/mol. The van der Waals surface area contributed by atoms with Crippen molar-refractivity contribution in [3.8, 4) is 11.5 Å². The van der Waals surface area contributed by atoms with E-state index in [2.05, 4.69) is 29.6 Å². The summed E-state index contributed by atoms with van der Waals surface area (Å²) in [5.41, 5.74) is 4.78. The van der Waals surface area contributed by atoms with Crippen molar-refractivity contribution < 1.29 is 9.47 Å². The Balaban J connectivity index is 1.56. The molecule has 3 aromatic carbocycles. The summed E-state index contributed by atoms with van der Waals surface area (Å²) in [5, 5.41) is 4.29. The van der Waals surface area contributed by atoms with Crippen LogP contribution in [0.25, 0.3) is 0 Å². The number of fused-ring (bicyclic) bond motifs is 1. The van der Waals surface area contributed by atoms with Gasteiger partial charge in [-0.1, -0.05) is 54.1 Å². The molecule has 0 aromatic heterocycles. The second-order valence-corrected chi connectivity index (χ2v) is 7.07. The molecule has 1 aliphatic rings. The lowest BCUT2D eigenvalue weighted by atomic mass is 9.89. The molecular formula is C23H22ClNO2. The maximum atomic E-state index is 6.51. The number of nitrogens with one attached hydrogen (secondary N) is 1. The second kappa shape index (κ2) is 8.03. The zero-order valence-corrected chi connectivity index (χ0v) is 16.0. The number of halogens is 1. The standard InChI is InChI=1S/C23H22ClNO2/c1-26-18-7-10-21(22(24)14-18)23-20-9-8-19(13-17(20)11-12-25-23)27-15-16-5-3-2-4-6-16/h2-10,13-14,23,25H,11-12,15H2,1H3. The van der Waals surface area contributed by atoms with E-state index in [1.807, 2.05) is 42.5 Å². The van der Waals surface area contributed by atoms with E-state index < -0.39 is 0 Å². The molecular weight excluding hydrogens is 358 g/mol. The quantitative estimate of drug-likeness (QED) is 0.664. The van der Waals surface area contributed by atoms with Crippen LogP contribution in [0.15, 0.2) is 66.7 Å². The van der Waals surface area contributed by atoms with Crippen LogP contribution in [0.5, 0.6) is 11.5 Å². The van der Waals surface area contributed by atoms with Gasteiger partial charge in [-0.2, -0.15) is 0 Å². The molecule has 0 bridgehead atoms. The second-order valence-electron chi connectivity index (χ2n) is 6.66. The van der Waals surface area contributed by atoms with Gasteiger partial charge in [-0.05, 0) is 52.9 Å². The third-order valence-corrected chi connectivity index (χ3v) is 5.26. The zero-order chi connectivity index (χ0) is 18.6. The Bertz CT molecular complexity index is 927. The van der Waals surface area contributed by atoms with Gasteiger partial charge in [0, 0.05) is 11.6 Å². The van der Waals surface area contributed by atoms with Crippen LogP contribution in [0, 0.1) is 0 Å². The Morgan fingerprint density at radius 1 is 0.963 bits per heavy atom. The molecule has 0 saturated carbocycles. The highest BCUT2D eigenvalue weighted by molar-refractivity contribution is 6.31. The molecule has 1 unspecified atom stereocenters. The van der Waals surface area contributed by atoms with E-state index in [1.54, 1.807) is 7.11 Å². The summed E-state index contributed by atoms with van der Waals surface area (Å²) in [6.45, 7) is 1.48. The summed E-state index contributed by atoms with van der Waals surface area (Å²) in [5.74, 6) is 1.67. The monoisotopic (exact) mass is 379 g/mol. The lowest BCUT2D eigenvalue weighted by Crippen LogP contribution is -2.30. The molecule has 0 spiro atoms. The van der Waals surface area contributed by atoms with E-state index in [0.717, 1.165) is 30.0 Å². The summed E-state index contributed by atoms with van der Waals surface area (Å²) in [6, 6.07) is 22.5. The number of ether oxygens (including phenoxy) is 2. The van der Waals surface area contributed by atoms with E-state index in [9.17, 15) is 0 Å². The molecule has 1 atom stereocenters. The van der Waals surface area contributed by atoms with Gasteiger partial charge in [0.15, 0.2) is 0 Å². The molecule has 4 heteroatoms. The van der Waals surface area contributed by atoms with Crippen molar-refractivity contribution in [1.82, 2.24) is 5.32 Å². The average Bonchev–Trinajstić information content (AvgIpc) is 2.72. The maximum Gasteiger partial charge on any atom is 0.120 e. The van der Waals surface area contributed by atoms with Gasteiger partial charge >= 0.3 is 0 Å². The minimum Gasteiger partial charge on any atom is -0.497 e. The Morgan fingerprint density at radius 3 is 2.52 bits per heavy atom. The summed E-state index contributed by atoms with van der Waals surface area (Å²) >= 11 is 6.51. The zero-order valence-electron chi connectivity index (χ0n) is 15.2. The molecule has 27 heavy (non-hydrogen) atoms. The van der Waals surface area contributed by atoms with E-state index in [1.165, 1.54) is 16.7 Å². The summed E-state index contributed by atoms with van der Waals surface area (Å²) in [6.07, 6.45) is 0.974. The predicted octanol–water partition coefficient (Wildman–Crippen LogP) is 5.16. The van der Waals surface area contributed by atoms with Crippen molar-refractivity contribution in [2.24, 2.45) is 0 Å². The Labute approximate surface area is 164 Å². The molecule has 1 N–H and O–H groups in total. The fourth-order valence-corrected chi connectivity index (χ4v) is 3.80. The Hall–Kier alpha value is -2.49. The lowest BCUT2D eigenvalue weighted by molar-refractivity contribution is 0.305. The topological polar surface area (TPSA) is 30.5 Å². The fraction of sp³-hybridized carbons (Fsp3) is 0.217. The van der Waals surface area contributed by atoms with Crippen LogP contribution in [-0.2, 0) is 13.0 Å². The molecule has 0 radical (unpaired) electrons. The van der Waals surface area contributed by atoms with Crippen LogP contribution in [0.3, 0.4) is 0 Å². The van der Waals surface area contributed by atoms with Crippen molar-refractivity contribution in [3.05, 3.63) is 94.0 Å². The highest BCUT2D eigenvalue weighted by Crippen LogP contribution is 2.35. The van der Waals surface area contributed by atoms with Gasteiger partial charge in [-0.3, -0.25) is 0 Å². The van der Waals surface area contributed by atoms with Gasteiger partial charge in [-0.25, -0.2) is 0 Å². The molecule has 3 aromatic rings. The van der Waals surface area contributed by atoms with E-state index in [-0.39, 0.29) is 6.04 Å². The largest absolute Gasteiger partial charge is 0.497 e. The van der Waals surface area contributed by atoms with Crippen LogP contribution < -0.4 is 14.8 Å². The van der Waals surface area contributed by atoms with Crippen LogP contribution in [0.4, 0.5) is 0 Å². The Morgan fingerprint density at radius 2 is 1.74 bits per heavy atom. The first-order valence-electron chi connectivity index (χ1n) is 9.11. The first-order valence-corrected chi connectivity index (χ1v) is 9.49. The van der Waals surface area contributed by atoms with Crippen molar-refractivity contribution in [2.75, 3.05) is 13.7 Å². The van der Waals surface area contributed by atoms with Gasteiger partial charge in [0.1, 0.15) is 18.1 Å². The Kier molecular flexibility index (Phi) is 5.33. The van der Waals surface area contributed by atoms with Gasteiger partial charge < -0.3 is 14.8 Å². The molecule has 0 fully saturated rings. The molecule has 4 rings (SSSR count). The normalized spacial score (nSPS) is 15.9. The molecule has 3 nitrogen and oxygen atoms in total. The third-order valence-electron chi connectivity index (χ3n) is 4.94. The first kappa shape index (κ1) is 17.9. The third kappa shape index (κ3) is 3.95. The summed E-state index contributed by atoms with van der Waals surface area (Å²) < 4.78 is 11.3. The average molecular weight is 380 g/mol. The number of rotatable bonds is 5. The SMILES string of the molecule is COc1ccc(C2NCCc3cc(OCc4ccccc4)ccc32)c(Cl)c1. The van der Waals surface area contributed by atoms with Crippen molar-refractivity contribution >= 4 is 11.6 Å². The van der Waals surface area contributed by atoms with Gasteiger partial charge in [0.25, 0.3) is 0 Å². The van der Waals surface area contributed by atoms with E-state index in [4.69, 9.17) is 21.1 Å². The van der Waals surface area contributed by atoms with E-state index >= 15 is 0 Å². The fourth-order valence-electron chi connectivity index (χ4n) is 3.52.